The summed E-state index contributed by atoms with van der Waals surface area (Å²) in [6.45, 7) is 0. The van der Waals surface area contributed by atoms with Gasteiger partial charge in [0.2, 0.25) is 5.75 Å². The Bertz CT molecular complexity index is 1060. The number of hydrazine groups is 1. The number of nitrogens with two attached hydrogens (primary N) is 1. The van der Waals surface area contributed by atoms with E-state index < -0.39 is 6.04 Å². The number of aromatic hydroxyl groups is 1. The topological polar surface area (TPSA) is 142 Å². The van der Waals surface area contributed by atoms with Gasteiger partial charge in [0.25, 0.3) is 5.91 Å². The lowest BCUT2D eigenvalue weighted by atomic mass is 10.0. The smallest absolute Gasteiger partial charge is 0.265 e. The van der Waals surface area contributed by atoms with Crippen LogP contribution >= 0.6 is 0 Å². The van der Waals surface area contributed by atoms with Gasteiger partial charge in [0.1, 0.15) is 11.9 Å². The lowest BCUT2D eigenvalue weighted by Crippen LogP contribution is -2.37. The minimum Gasteiger partial charge on any atom is -0.502 e. The lowest BCUT2D eigenvalue weighted by molar-refractivity contribution is -0.121. The number of rotatable bonds is 9. The van der Waals surface area contributed by atoms with Crippen LogP contribution in [0.25, 0.3) is 0 Å². The molecule has 0 aliphatic heterocycles. The summed E-state index contributed by atoms with van der Waals surface area (Å²) in [5, 5.41) is 20.9. The molecular formula is C23H25N5O4. The fraction of sp³-hybridized carbons (Fsp3) is 0.130. The van der Waals surface area contributed by atoms with Crippen molar-refractivity contribution in [3.63, 3.8) is 0 Å². The van der Waals surface area contributed by atoms with Gasteiger partial charge in [-0.3, -0.25) is 21.1 Å². The van der Waals surface area contributed by atoms with Crippen LogP contribution in [-0.4, -0.2) is 31.1 Å². The highest BCUT2D eigenvalue weighted by Crippen LogP contribution is 2.39. The first-order valence-electron chi connectivity index (χ1n) is 9.69. The molecule has 0 fully saturated rings. The molecule has 0 aliphatic carbocycles. The maximum absolute atomic E-state index is 13.1. The van der Waals surface area contributed by atoms with Gasteiger partial charge in [-0.25, -0.2) is 0 Å². The molecule has 7 N–H and O–H groups in total. The molecule has 0 aromatic heterocycles. The number of phenols is 1. The summed E-state index contributed by atoms with van der Waals surface area (Å²) in [6.07, 6.45) is 0. The molecule has 0 spiro atoms. The number of hydrogen-bond acceptors (Lipinski definition) is 7. The number of amides is 1. The third kappa shape index (κ3) is 5.20. The van der Waals surface area contributed by atoms with Crippen LogP contribution in [0.1, 0.15) is 17.2 Å². The molecule has 0 radical (unpaired) electrons. The molecule has 1 atom stereocenters. The zero-order valence-electron chi connectivity index (χ0n) is 17.7. The number of benzene rings is 3. The average Bonchev–Trinajstić information content (AvgIpc) is 2.82. The Kier molecular flexibility index (Phi) is 7.02. The van der Waals surface area contributed by atoms with E-state index in [2.05, 4.69) is 16.2 Å². The van der Waals surface area contributed by atoms with Crippen molar-refractivity contribution in [2.75, 3.05) is 25.0 Å². The van der Waals surface area contributed by atoms with E-state index >= 15 is 0 Å². The molecule has 1 unspecified atom stereocenters. The van der Waals surface area contributed by atoms with Crippen LogP contribution in [0.3, 0.4) is 0 Å². The fourth-order valence-corrected chi connectivity index (χ4v) is 3.02. The van der Waals surface area contributed by atoms with Crippen molar-refractivity contribution in [2.24, 2.45) is 5.73 Å². The fourth-order valence-electron chi connectivity index (χ4n) is 3.02. The Morgan fingerprint density at radius 2 is 1.56 bits per heavy atom. The molecule has 1 amide bonds. The van der Waals surface area contributed by atoms with E-state index in [4.69, 9.17) is 20.6 Å². The highest BCUT2D eigenvalue weighted by molar-refractivity contribution is 5.95. The van der Waals surface area contributed by atoms with Gasteiger partial charge in [0.05, 0.1) is 19.9 Å². The molecule has 32 heavy (non-hydrogen) atoms. The molecular weight excluding hydrogens is 410 g/mol. The second kappa shape index (κ2) is 10.1. The Morgan fingerprint density at radius 1 is 0.969 bits per heavy atom. The van der Waals surface area contributed by atoms with Crippen LogP contribution in [0.15, 0.2) is 66.7 Å². The van der Waals surface area contributed by atoms with Gasteiger partial charge < -0.3 is 25.6 Å². The van der Waals surface area contributed by atoms with E-state index in [1.54, 1.807) is 36.4 Å². The average molecular weight is 435 g/mol. The van der Waals surface area contributed by atoms with Crippen LogP contribution in [-0.2, 0) is 4.79 Å². The van der Waals surface area contributed by atoms with Crippen molar-refractivity contribution in [3.05, 3.63) is 77.9 Å². The number of amidine groups is 1. The minimum atomic E-state index is -0.877. The molecule has 3 rings (SSSR count). The number of nitrogen functional groups attached to an aromatic ring is 1. The molecule has 3 aromatic carbocycles. The van der Waals surface area contributed by atoms with Crippen LogP contribution < -0.4 is 31.4 Å². The summed E-state index contributed by atoms with van der Waals surface area (Å²) in [5.41, 5.74) is 13.5. The monoisotopic (exact) mass is 435 g/mol. The number of carbonyl (C=O) groups excluding carboxylic acids is 1. The highest BCUT2D eigenvalue weighted by atomic mass is 16.5. The number of hydrogen-bond donors (Lipinski definition) is 6. The van der Waals surface area contributed by atoms with E-state index in [-0.39, 0.29) is 29.0 Å². The second-order valence-electron chi connectivity index (χ2n) is 6.82. The molecule has 0 saturated heterocycles. The van der Waals surface area contributed by atoms with E-state index in [1.165, 1.54) is 14.2 Å². The van der Waals surface area contributed by atoms with Gasteiger partial charge in [0.15, 0.2) is 11.5 Å². The molecule has 0 heterocycles. The van der Waals surface area contributed by atoms with Crippen molar-refractivity contribution in [3.8, 4) is 17.2 Å². The molecule has 0 aliphatic rings. The number of para-hydroxylation sites is 1. The van der Waals surface area contributed by atoms with E-state index in [9.17, 15) is 9.90 Å². The first-order valence-corrected chi connectivity index (χ1v) is 9.69. The van der Waals surface area contributed by atoms with Crippen molar-refractivity contribution in [1.29, 1.82) is 5.41 Å². The van der Waals surface area contributed by atoms with E-state index in [0.717, 1.165) is 0 Å². The molecule has 166 valence electrons. The third-order valence-corrected chi connectivity index (χ3v) is 4.71. The summed E-state index contributed by atoms with van der Waals surface area (Å²) in [4.78, 5) is 13.1. The predicted molar refractivity (Wildman–Crippen MR) is 123 cm³/mol. The van der Waals surface area contributed by atoms with Gasteiger partial charge in [0, 0.05) is 11.3 Å². The van der Waals surface area contributed by atoms with Crippen LogP contribution in [0, 0.1) is 5.41 Å². The summed E-state index contributed by atoms with van der Waals surface area (Å²) < 4.78 is 10.5. The SMILES string of the molecule is COc1cc(C(Nc2ccc(C(=N)N)cc2)C(=O)NNc2ccccc2)cc(OC)c1O. The Hall–Kier alpha value is -4.40. The van der Waals surface area contributed by atoms with Gasteiger partial charge >= 0.3 is 0 Å². The zero-order chi connectivity index (χ0) is 23.1. The zero-order valence-corrected chi connectivity index (χ0v) is 17.7. The maximum atomic E-state index is 13.1. The number of nitrogens with one attached hydrogen (secondary N) is 4. The molecule has 9 heteroatoms. The normalized spacial score (nSPS) is 11.2. The molecule has 3 aromatic rings. The number of methoxy groups -OCH3 is 2. The Balaban J connectivity index is 1.93. The van der Waals surface area contributed by atoms with Crippen molar-refractivity contribution in [2.45, 2.75) is 6.04 Å². The van der Waals surface area contributed by atoms with Gasteiger partial charge in [-0.15, -0.1) is 0 Å². The van der Waals surface area contributed by atoms with Gasteiger partial charge in [-0.1, -0.05) is 18.2 Å². The lowest BCUT2D eigenvalue weighted by Gasteiger charge is -2.22. The second-order valence-corrected chi connectivity index (χ2v) is 6.82. The third-order valence-electron chi connectivity index (χ3n) is 4.71. The molecule has 9 nitrogen and oxygen atoms in total. The van der Waals surface area contributed by atoms with Crippen LogP contribution in [0.5, 0.6) is 17.2 Å². The predicted octanol–water partition coefficient (Wildman–Crippen LogP) is 2.99. The Morgan fingerprint density at radius 3 is 2.09 bits per heavy atom. The Labute approximate surface area is 185 Å². The first kappa shape index (κ1) is 22.3. The molecule has 0 saturated carbocycles. The summed E-state index contributed by atoms with van der Waals surface area (Å²) in [6, 6.07) is 18.2. The number of phenolic OH excluding ortho intramolecular Hbond substituents is 1. The summed E-state index contributed by atoms with van der Waals surface area (Å²) in [5.74, 6) is -0.264. The largest absolute Gasteiger partial charge is 0.502 e. The standard InChI is InChI=1S/C23H25N5O4/c1-31-18-12-15(13-19(32-2)21(18)29)20(23(30)28-27-17-6-4-3-5-7-17)26-16-10-8-14(9-11-16)22(24)25/h3-13,20,26-27,29H,1-2H3,(H3,24,25)(H,28,30). The number of carbonyl (C=O) groups is 1. The van der Waals surface area contributed by atoms with Gasteiger partial charge in [-0.05, 0) is 54.1 Å². The van der Waals surface area contributed by atoms with Crippen LogP contribution in [0.4, 0.5) is 11.4 Å². The number of ether oxygens (including phenoxy) is 2. The maximum Gasteiger partial charge on any atom is 0.265 e. The van der Waals surface area contributed by atoms with E-state index in [0.29, 0.717) is 22.5 Å². The van der Waals surface area contributed by atoms with Crippen LogP contribution in [0.2, 0.25) is 0 Å². The summed E-state index contributed by atoms with van der Waals surface area (Å²) >= 11 is 0. The quantitative estimate of drug-likeness (QED) is 0.172. The number of anilines is 2. The minimum absolute atomic E-state index is 0.0501. The van der Waals surface area contributed by atoms with Crippen molar-refractivity contribution in [1.82, 2.24) is 5.43 Å². The first-order chi connectivity index (χ1) is 15.4. The summed E-state index contributed by atoms with van der Waals surface area (Å²) in [7, 11) is 2.83. The van der Waals surface area contributed by atoms with Crippen molar-refractivity contribution < 1.29 is 19.4 Å². The van der Waals surface area contributed by atoms with Crippen molar-refractivity contribution >= 4 is 23.1 Å². The van der Waals surface area contributed by atoms with E-state index in [1.807, 2.05) is 30.3 Å². The van der Waals surface area contributed by atoms with Gasteiger partial charge in [-0.2, -0.15) is 0 Å². The highest BCUT2D eigenvalue weighted by Gasteiger charge is 2.24. The molecule has 0 bridgehead atoms.